The third-order valence-corrected chi connectivity index (χ3v) is 3.72. The van der Waals surface area contributed by atoms with Gasteiger partial charge >= 0.3 is 6.09 Å². The lowest BCUT2D eigenvalue weighted by atomic mass is 10.1. The molecular weight excluding hydrogens is 274 g/mol. The van der Waals surface area contributed by atoms with Gasteiger partial charge in [0.15, 0.2) is 17.1 Å². The first-order valence-corrected chi connectivity index (χ1v) is 7.05. The van der Waals surface area contributed by atoms with E-state index in [1.165, 1.54) is 0 Å². The Labute approximate surface area is 129 Å². The van der Waals surface area contributed by atoms with Gasteiger partial charge in [-0.25, -0.2) is 0 Å². The van der Waals surface area contributed by atoms with Crippen molar-refractivity contribution in [3.63, 3.8) is 0 Å². The molecule has 3 aromatic rings. The summed E-state index contributed by atoms with van der Waals surface area (Å²) < 4.78 is -0.359. The summed E-state index contributed by atoms with van der Waals surface area (Å²) in [6.07, 6.45) is -0.941. The maximum atomic E-state index is 12.4. The van der Waals surface area contributed by atoms with Gasteiger partial charge in [0.05, 0.1) is 0 Å². The van der Waals surface area contributed by atoms with E-state index >= 15 is 0 Å². The molecule has 108 valence electrons. The van der Waals surface area contributed by atoms with Crippen molar-refractivity contribution in [2.75, 3.05) is 0 Å². The van der Waals surface area contributed by atoms with Crippen LogP contribution < -0.4 is 4.48 Å². The fourth-order valence-corrected chi connectivity index (χ4v) is 2.73. The van der Waals surface area contributed by atoms with E-state index in [1.807, 2.05) is 91.0 Å². The molecule has 0 unspecified atom stereocenters. The number of benzene rings is 3. The Morgan fingerprint density at radius 2 is 0.864 bits per heavy atom. The summed E-state index contributed by atoms with van der Waals surface area (Å²) in [4.78, 5) is 12.4. The molecule has 1 amide bonds. The number of rotatable bonds is 3. The van der Waals surface area contributed by atoms with Crippen molar-refractivity contribution < 1.29 is 9.90 Å². The summed E-state index contributed by atoms with van der Waals surface area (Å²) in [5.41, 5.74) is 2.06. The maximum absolute atomic E-state index is 12.4. The highest BCUT2D eigenvalue weighted by molar-refractivity contribution is 5.96. The zero-order valence-corrected chi connectivity index (χ0v) is 12.0. The third kappa shape index (κ3) is 2.18. The first-order valence-electron chi connectivity index (χ1n) is 7.05. The predicted molar refractivity (Wildman–Crippen MR) is 88.5 cm³/mol. The van der Waals surface area contributed by atoms with Crippen LogP contribution in [0.2, 0.25) is 0 Å². The maximum Gasteiger partial charge on any atom is 0.529 e. The highest BCUT2D eigenvalue weighted by Gasteiger charge is 2.44. The topological polar surface area (TPSA) is 37.3 Å². The molecule has 3 nitrogen and oxygen atoms in total. The summed E-state index contributed by atoms with van der Waals surface area (Å²) in [7, 11) is 0. The fraction of sp³-hybridized carbons (Fsp3) is 0. The van der Waals surface area contributed by atoms with Crippen LogP contribution in [0.15, 0.2) is 91.0 Å². The second kappa shape index (κ2) is 5.84. The Kier molecular flexibility index (Phi) is 3.73. The van der Waals surface area contributed by atoms with E-state index in [-0.39, 0.29) is 4.48 Å². The number of quaternary nitrogens is 1. The Bertz CT molecular complexity index is 659. The number of nitrogens with zero attached hydrogens (tertiary/aromatic N) is 1. The number of para-hydroxylation sites is 3. The Hall–Kier alpha value is -2.91. The van der Waals surface area contributed by atoms with Crippen LogP contribution >= 0.6 is 0 Å². The minimum Gasteiger partial charge on any atom is -0.434 e. The van der Waals surface area contributed by atoms with Crippen LogP contribution in [0.1, 0.15) is 0 Å². The molecule has 0 aliphatic carbocycles. The lowest BCUT2D eigenvalue weighted by Crippen LogP contribution is -2.43. The van der Waals surface area contributed by atoms with Gasteiger partial charge in [-0.05, 0) is 0 Å². The van der Waals surface area contributed by atoms with Crippen LogP contribution in [0.4, 0.5) is 21.9 Å². The van der Waals surface area contributed by atoms with E-state index in [9.17, 15) is 9.90 Å². The molecule has 1 N–H and O–H groups in total. The molecule has 0 heterocycles. The van der Waals surface area contributed by atoms with Crippen molar-refractivity contribution in [1.82, 2.24) is 4.48 Å². The van der Waals surface area contributed by atoms with Gasteiger partial charge in [0.25, 0.3) is 0 Å². The van der Waals surface area contributed by atoms with Gasteiger partial charge in [-0.3, -0.25) is 0 Å². The van der Waals surface area contributed by atoms with E-state index < -0.39 is 6.09 Å². The number of carboxylic acid groups (broad SMARTS) is 1. The smallest absolute Gasteiger partial charge is 0.434 e. The molecular formula is C19H16NO2+. The average molecular weight is 290 g/mol. The molecule has 3 heteroatoms. The summed E-state index contributed by atoms with van der Waals surface area (Å²) in [5, 5.41) is 10.2. The summed E-state index contributed by atoms with van der Waals surface area (Å²) in [6, 6.07) is 27.9. The molecule has 22 heavy (non-hydrogen) atoms. The van der Waals surface area contributed by atoms with E-state index in [1.54, 1.807) is 0 Å². The molecule has 0 aromatic heterocycles. The molecule has 0 spiro atoms. The van der Waals surface area contributed by atoms with Gasteiger partial charge in [0, 0.05) is 36.4 Å². The predicted octanol–water partition coefficient (Wildman–Crippen LogP) is 5.34. The quantitative estimate of drug-likeness (QED) is 0.661. The van der Waals surface area contributed by atoms with E-state index in [4.69, 9.17) is 0 Å². The number of hydrogen-bond donors (Lipinski definition) is 1. The summed E-state index contributed by atoms with van der Waals surface area (Å²) >= 11 is 0. The molecule has 0 radical (unpaired) electrons. The normalized spacial score (nSPS) is 11.1. The average Bonchev–Trinajstić information content (AvgIpc) is 2.58. The van der Waals surface area contributed by atoms with Gasteiger partial charge in [0.1, 0.15) is 0 Å². The number of amides is 1. The summed E-state index contributed by atoms with van der Waals surface area (Å²) in [6.45, 7) is 0. The van der Waals surface area contributed by atoms with Crippen molar-refractivity contribution in [2.45, 2.75) is 0 Å². The molecule has 0 aliphatic heterocycles. The minimum atomic E-state index is -0.941. The zero-order valence-electron chi connectivity index (χ0n) is 12.0. The van der Waals surface area contributed by atoms with Crippen molar-refractivity contribution in [1.29, 1.82) is 0 Å². The van der Waals surface area contributed by atoms with Crippen LogP contribution in [0.5, 0.6) is 0 Å². The van der Waals surface area contributed by atoms with Crippen molar-refractivity contribution in [3.05, 3.63) is 91.0 Å². The van der Waals surface area contributed by atoms with Crippen LogP contribution in [-0.4, -0.2) is 11.2 Å². The summed E-state index contributed by atoms with van der Waals surface area (Å²) in [5.74, 6) is 0. The van der Waals surface area contributed by atoms with Gasteiger partial charge < -0.3 is 5.11 Å². The van der Waals surface area contributed by atoms with Gasteiger partial charge in [-0.2, -0.15) is 4.79 Å². The molecule has 3 aromatic carbocycles. The first kappa shape index (κ1) is 14.0. The SMILES string of the molecule is O=C(O)[N+](c1ccccc1)(c1ccccc1)c1ccccc1. The Morgan fingerprint density at radius 3 is 1.09 bits per heavy atom. The molecule has 0 saturated heterocycles. The monoisotopic (exact) mass is 290 g/mol. The molecule has 0 aliphatic rings. The van der Waals surface area contributed by atoms with Gasteiger partial charge in [0.2, 0.25) is 0 Å². The molecule has 0 saturated carbocycles. The third-order valence-electron chi connectivity index (χ3n) is 3.72. The lowest BCUT2D eigenvalue weighted by molar-refractivity contribution is 0.178. The Morgan fingerprint density at radius 1 is 0.591 bits per heavy atom. The van der Waals surface area contributed by atoms with Crippen molar-refractivity contribution >= 4 is 23.2 Å². The van der Waals surface area contributed by atoms with E-state index in [0.717, 1.165) is 0 Å². The van der Waals surface area contributed by atoms with E-state index in [2.05, 4.69) is 0 Å². The molecule has 0 fully saturated rings. The molecule has 3 rings (SSSR count). The van der Waals surface area contributed by atoms with Crippen LogP contribution in [0.3, 0.4) is 0 Å². The van der Waals surface area contributed by atoms with Crippen molar-refractivity contribution in [2.24, 2.45) is 0 Å². The van der Waals surface area contributed by atoms with Gasteiger partial charge in [-0.15, -0.1) is 4.48 Å². The van der Waals surface area contributed by atoms with Crippen LogP contribution in [-0.2, 0) is 0 Å². The highest BCUT2D eigenvalue weighted by Crippen LogP contribution is 2.43. The van der Waals surface area contributed by atoms with Crippen LogP contribution in [0, 0.1) is 0 Å². The number of hydrogen-bond acceptors (Lipinski definition) is 1. The lowest BCUT2D eigenvalue weighted by Gasteiger charge is -2.31. The largest absolute Gasteiger partial charge is 0.529 e. The molecule has 0 atom stereocenters. The standard InChI is InChI=1S/C19H15NO2/c21-19(22)20(16-10-4-1-5-11-16,17-12-6-2-7-13-17)18-14-8-3-9-15-18/h1-15H/p+1. The first-order chi connectivity index (χ1) is 10.8. The molecule has 0 bridgehead atoms. The highest BCUT2D eigenvalue weighted by atomic mass is 16.4. The second-order valence-electron chi connectivity index (χ2n) is 4.96. The minimum absolute atomic E-state index is 0.359. The Balaban J connectivity index is 2.37. The fourth-order valence-electron chi connectivity index (χ4n) is 2.73. The second-order valence-corrected chi connectivity index (χ2v) is 4.96. The van der Waals surface area contributed by atoms with E-state index in [0.29, 0.717) is 17.1 Å². The van der Waals surface area contributed by atoms with Crippen LogP contribution in [0.25, 0.3) is 0 Å². The number of carbonyl (C=O) groups is 1. The zero-order chi connectivity index (χ0) is 15.4. The van der Waals surface area contributed by atoms with Gasteiger partial charge in [-0.1, -0.05) is 54.6 Å². The van der Waals surface area contributed by atoms with Crippen molar-refractivity contribution in [3.8, 4) is 0 Å².